The van der Waals surface area contributed by atoms with Crippen molar-refractivity contribution in [1.29, 1.82) is 0 Å². The number of nitrogens with one attached hydrogen (secondary N) is 1. The molecule has 2 fully saturated rings. The lowest BCUT2D eigenvalue weighted by atomic mass is 10.1. The number of rotatable bonds is 3. The lowest BCUT2D eigenvalue weighted by molar-refractivity contribution is -0.119. The Morgan fingerprint density at radius 2 is 2.07 bits per heavy atom. The Morgan fingerprint density at radius 1 is 1.50 bits per heavy atom. The van der Waals surface area contributed by atoms with E-state index in [2.05, 4.69) is 12.2 Å². The summed E-state index contributed by atoms with van der Waals surface area (Å²) in [7, 11) is 0. The van der Waals surface area contributed by atoms with Gasteiger partial charge in [-0.05, 0) is 43.9 Å². The van der Waals surface area contributed by atoms with Gasteiger partial charge in [-0.2, -0.15) is 0 Å². The van der Waals surface area contributed by atoms with Crippen molar-refractivity contribution in [3.63, 3.8) is 0 Å². The Hall–Kier alpha value is -0.530. The van der Waals surface area contributed by atoms with Gasteiger partial charge in [-0.15, -0.1) is 0 Å². The lowest BCUT2D eigenvalue weighted by Gasteiger charge is -2.11. The second-order valence-electron chi connectivity index (χ2n) is 4.60. The fourth-order valence-corrected chi connectivity index (χ4v) is 2.37. The summed E-state index contributed by atoms with van der Waals surface area (Å²) in [5.74, 6) is 1.03. The molecule has 2 unspecified atom stereocenters. The third kappa shape index (κ3) is 2.73. The topological polar surface area (TPSA) is 29.1 Å². The first-order valence-corrected chi connectivity index (χ1v) is 5.89. The predicted molar refractivity (Wildman–Crippen MR) is 59.0 cm³/mol. The summed E-state index contributed by atoms with van der Waals surface area (Å²) in [4.78, 5) is 10.7. The van der Waals surface area contributed by atoms with Crippen molar-refractivity contribution >= 4 is 5.91 Å². The van der Waals surface area contributed by atoms with Crippen LogP contribution in [0, 0.1) is 11.3 Å². The highest BCUT2D eigenvalue weighted by molar-refractivity contribution is 5.73. The molecule has 0 heterocycles. The minimum absolute atomic E-state index is 0.105. The largest absolute Gasteiger partial charge is 0.354 e. The Labute approximate surface area is 87.5 Å². The highest BCUT2D eigenvalue weighted by atomic mass is 16.1. The summed E-state index contributed by atoms with van der Waals surface area (Å²) in [5, 5.41) is 2.94. The SMILES string of the molecule is CC.CC(=O)NC(C)CC1CC12CC2. The van der Waals surface area contributed by atoms with E-state index in [0.717, 1.165) is 11.3 Å². The highest BCUT2D eigenvalue weighted by Crippen LogP contribution is 2.71. The minimum Gasteiger partial charge on any atom is -0.354 e. The van der Waals surface area contributed by atoms with Crippen LogP contribution in [-0.2, 0) is 4.79 Å². The molecular weight excluding hydrogens is 174 g/mol. The summed E-state index contributed by atoms with van der Waals surface area (Å²) in [6, 6.07) is 0.382. The van der Waals surface area contributed by atoms with Gasteiger partial charge in [0.15, 0.2) is 0 Å². The first-order chi connectivity index (χ1) is 6.62. The van der Waals surface area contributed by atoms with Gasteiger partial charge in [0.05, 0.1) is 0 Å². The fraction of sp³-hybridized carbons (Fsp3) is 0.917. The minimum atomic E-state index is 0.105. The highest BCUT2D eigenvalue weighted by Gasteiger charge is 2.62. The average Bonchev–Trinajstić information content (AvgIpc) is 2.98. The van der Waals surface area contributed by atoms with Gasteiger partial charge in [0.2, 0.25) is 5.91 Å². The van der Waals surface area contributed by atoms with Gasteiger partial charge in [0, 0.05) is 13.0 Å². The molecule has 2 aliphatic rings. The Bertz CT molecular complexity index is 208. The lowest BCUT2D eigenvalue weighted by Crippen LogP contribution is -2.30. The first kappa shape index (κ1) is 11.5. The van der Waals surface area contributed by atoms with E-state index < -0.39 is 0 Å². The fourth-order valence-electron chi connectivity index (χ4n) is 2.37. The molecule has 2 heteroatoms. The van der Waals surface area contributed by atoms with E-state index in [1.165, 1.54) is 25.7 Å². The van der Waals surface area contributed by atoms with Crippen molar-refractivity contribution in [2.75, 3.05) is 0 Å². The Kier molecular flexibility index (Phi) is 3.57. The van der Waals surface area contributed by atoms with Crippen LogP contribution in [0.25, 0.3) is 0 Å². The van der Waals surface area contributed by atoms with Crippen LogP contribution in [0.3, 0.4) is 0 Å². The molecule has 0 radical (unpaired) electrons. The molecule has 2 saturated carbocycles. The van der Waals surface area contributed by atoms with Crippen LogP contribution in [0.15, 0.2) is 0 Å². The van der Waals surface area contributed by atoms with Crippen molar-refractivity contribution in [2.24, 2.45) is 11.3 Å². The van der Waals surface area contributed by atoms with Crippen LogP contribution < -0.4 is 5.32 Å². The molecule has 14 heavy (non-hydrogen) atoms. The van der Waals surface area contributed by atoms with Crippen LogP contribution in [0.5, 0.6) is 0 Å². The van der Waals surface area contributed by atoms with Gasteiger partial charge in [-0.3, -0.25) is 4.79 Å². The van der Waals surface area contributed by atoms with Gasteiger partial charge >= 0.3 is 0 Å². The number of carbonyl (C=O) groups is 1. The molecule has 0 aromatic carbocycles. The second kappa shape index (κ2) is 4.33. The van der Waals surface area contributed by atoms with Crippen LogP contribution in [0.1, 0.15) is 53.4 Å². The molecule has 1 N–H and O–H groups in total. The van der Waals surface area contributed by atoms with E-state index in [4.69, 9.17) is 0 Å². The van der Waals surface area contributed by atoms with E-state index in [9.17, 15) is 4.79 Å². The van der Waals surface area contributed by atoms with Gasteiger partial charge in [-0.25, -0.2) is 0 Å². The molecule has 0 aliphatic heterocycles. The smallest absolute Gasteiger partial charge is 0.217 e. The molecule has 0 bridgehead atoms. The predicted octanol–water partition coefficient (Wildman–Crippen LogP) is 2.73. The van der Waals surface area contributed by atoms with Crippen LogP contribution >= 0.6 is 0 Å². The molecule has 2 rings (SSSR count). The van der Waals surface area contributed by atoms with Crippen molar-refractivity contribution in [3.05, 3.63) is 0 Å². The van der Waals surface area contributed by atoms with Crippen molar-refractivity contribution < 1.29 is 4.79 Å². The molecular formula is C12H23NO. The average molecular weight is 197 g/mol. The molecule has 2 nitrogen and oxygen atoms in total. The number of carbonyl (C=O) groups excluding carboxylic acids is 1. The van der Waals surface area contributed by atoms with Gasteiger partial charge in [0.1, 0.15) is 0 Å². The zero-order valence-electron chi connectivity index (χ0n) is 9.89. The third-order valence-electron chi connectivity index (χ3n) is 3.34. The summed E-state index contributed by atoms with van der Waals surface area (Å²) < 4.78 is 0. The van der Waals surface area contributed by atoms with Crippen LogP contribution in [0.2, 0.25) is 0 Å². The molecule has 1 amide bonds. The third-order valence-corrected chi connectivity index (χ3v) is 3.34. The molecule has 82 valence electrons. The summed E-state index contributed by atoms with van der Waals surface area (Å²) in [6.45, 7) is 7.70. The van der Waals surface area contributed by atoms with Crippen molar-refractivity contribution in [3.8, 4) is 0 Å². The zero-order chi connectivity index (χ0) is 10.8. The van der Waals surface area contributed by atoms with E-state index in [0.29, 0.717) is 6.04 Å². The maximum Gasteiger partial charge on any atom is 0.217 e. The van der Waals surface area contributed by atoms with E-state index in [1.807, 2.05) is 13.8 Å². The van der Waals surface area contributed by atoms with Crippen LogP contribution in [-0.4, -0.2) is 11.9 Å². The van der Waals surface area contributed by atoms with Crippen molar-refractivity contribution in [1.82, 2.24) is 5.32 Å². The van der Waals surface area contributed by atoms with Gasteiger partial charge < -0.3 is 5.32 Å². The molecule has 2 aliphatic carbocycles. The number of hydrogen-bond donors (Lipinski definition) is 1. The zero-order valence-corrected chi connectivity index (χ0v) is 9.89. The van der Waals surface area contributed by atoms with Gasteiger partial charge in [0.25, 0.3) is 0 Å². The molecule has 0 aromatic rings. The second-order valence-corrected chi connectivity index (χ2v) is 4.60. The summed E-state index contributed by atoms with van der Waals surface area (Å²) in [5.41, 5.74) is 0.784. The maximum absolute atomic E-state index is 10.7. The molecule has 0 aromatic heterocycles. The maximum atomic E-state index is 10.7. The summed E-state index contributed by atoms with van der Waals surface area (Å²) >= 11 is 0. The Morgan fingerprint density at radius 3 is 2.43 bits per heavy atom. The summed E-state index contributed by atoms with van der Waals surface area (Å²) in [6.07, 6.45) is 5.52. The molecule has 1 spiro atoms. The van der Waals surface area contributed by atoms with Gasteiger partial charge in [-0.1, -0.05) is 13.8 Å². The monoisotopic (exact) mass is 197 g/mol. The molecule has 0 saturated heterocycles. The number of amides is 1. The molecule has 2 atom stereocenters. The van der Waals surface area contributed by atoms with Crippen molar-refractivity contribution in [2.45, 2.75) is 59.4 Å². The quantitative estimate of drug-likeness (QED) is 0.740. The van der Waals surface area contributed by atoms with E-state index in [-0.39, 0.29) is 5.91 Å². The Balaban J connectivity index is 0.000000461. The van der Waals surface area contributed by atoms with Crippen LogP contribution in [0.4, 0.5) is 0 Å². The van der Waals surface area contributed by atoms with E-state index >= 15 is 0 Å². The van der Waals surface area contributed by atoms with E-state index in [1.54, 1.807) is 6.92 Å². The normalized spacial score (nSPS) is 27.3. The first-order valence-electron chi connectivity index (χ1n) is 5.89. The standard InChI is InChI=1S/C10H17NO.C2H6/c1-7(11-8(2)12)5-9-6-10(9)3-4-10;1-2/h7,9H,3-6H2,1-2H3,(H,11,12);1-2H3. The number of hydrogen-bond acceptors (Lipinski definition) is 1.